The molecule has 0 radical (unpaired) electrons. The van der Waals surface area contributed by atoms with Crippen LogP contribution in [-0.2, 0) is 4.74 Å². The van der Waals surface area contributed by atoms with Gasteiger partial charge in [0.2, 0.25) is 0 Å². The van der Waals surface area contributed by atoms with Gasteiger partial charge in [-0.25, -0.2) is 0 Å². The zero-order valence-electron chi connectivity index (χ0n) is 9.51. The van der Waals surface area contributed by atoms with Gasteiger partial charge in [-0.3, -0.25) is 4.90 Å². The SMILES string of the molecule is O[C@H](CCN1CCOCC1)c1ccccc1. The summed E-state index contributed by atoms with van der Waals surface area (Å²) in [5.74, 6) is 0. The minimum absolute atomic E-state index is 0.343. The highest BCUT2D eigenvalue weighted by molar-refractivity contribution is 5.17. The van der Waals surface area contributed by atoms with Gasteiger partial charge in [-0.2, -0.15) is 0 Å². The third kappa shape index (κ3) is 3.30. The number of rotatable bonds is 4. The van der Waals surface area contributed by atoms with Gasteiger partial charge in [0.25, 0.3) is 0 Å². The third-order valence-electron chi connectivity index (χ3n) is 3.01. The van der Waals surface area contributed by atoms with Gasteiger partial charge in [0.15, 0.2) is 0 Å². The molecule has 0 unspecified atom stereocenters. The average Bonchev–Trinajstić information content (AvgIpc) is 2.38. The second kappa shape index (κ2) is 5.99. The molecule has 3 heteroatoms. The molecule has 0 bridgehead atoms. The number of benzene rings is 1. The van der Waals surface area contributed by atoms with Crippen molar-refractivity contribution in [3.63, 3.8) is 0 Å². The maximum atomic E-state index is 9.99. The van der Waals surface area contributed by atoms with E-state index < -0.39 is 0 Å². The molecule has 0 aliphatic carbocycles. The Balaban J connectivity index is 1.77. The van der Waals surface area contributed by atoms with Gasteiger partial charge >= 0.3 is 0 Å². The fourth-order valence-electron chi connectivity index (χ4n) is 1.97. The van der Waals surface area contributed by atoms with Crippen LogP contribution in [0.4, 0.5) is 0 Å². The van der Waals surface area contributed by atoms with E-state index in [0.717, 1.165) is 44.8 Å². The Morgan fingerprint density at radius 2 is 1.88 bits per heavy atom. The number of nitrogens with zero attached hydrogens (tertiary/aromatic N) is 1. The Hall–Kier alpha value is -0.900. The van der Waals surface area contributed by atoms with Crippen molar-refractivity contribution in [2.45, 2.75) is 12.5 Å². The molecule has 2 rings (SSSR count). The standard InChI is InChI=1S/C13H19NO2/c15-13(12-4-2-1-3-5-12)6-7-14-8-10-16-11-9-14/h1-5,13,15H,6-11H2/t13-/m1/s1. The molecule has 1 fully saturated rings. The summed E-state index contributed by atoms with van der Waals surface area (Å²) in [6.45, 7) is 4.56. The monoisotopic (exact) mass is 221 g/mol. The second-order valence-electron chi connectivity index (χ2n) is 4.17. The van der Waals surface area contributed by atoms with Crippen LogP contribution in [0.3, 0.4) is 0 Å². The maximum absolute atomic E-state index is 9.99. The van der Waals surface area contributed by atoms with Gasteiger partial charge in [0.05, 0.1) is 19.3 Å². The van der Waals surface area contributed by atoms with Crippen LogP contribution >= 0.6 is 0 Å². The number of hydrogen-bond acceptors (Lipinski definition) is 3. The minimum Gasteiger partial charge on any atom is -0.388 e. The third-order valence-corrected chi connectivity index (χ3v) is 3.01. The van der Waals surface area contributed by atoms with E-state index in [0.29, 0.717) is 0 Å². The van der Waals surface area contributed by atoms with Gasteiger partial charge in [0.1, 0.15) is 0 Å². The molecule has 0 amide bonds. The molecule has 1 saturated heterocycles. The lowest BCUT2D eigenvalue weighted by atomic mass is 10.1. The van der Waals surface area contributed by atoms with Gasteiger partial charge in [0, 0.05) is 19.6 Å². The summed E-state index contributed by atoms with van der Waals surface area (Å²) in [6, 6.07) is 9.85. The van der Waals surface area contributed by atoms with Gasteiger partial charge < -0.3 is 9.84 Å². The number of aliphatic hydroxyl groups excluding tert-OH is 1. The lowest BCUT2D eigenvalue weighted by Gasteiger charge is -2.27. The Bertz CT molecular complexity index is 296. The van der Waals surface area contributed by atoms with Crippen LogP contribution in [0.5, 0.6) is 0 Å². The first-order valence-corrected chi connectivity index (χ1v) is 5.89. The molecule has 1 aliphatic rings. The van der Waals surface area contributed by atoms with Crippen molar-refractivity contribution < 1.29 is 9.84 Å². The number of morpholine rings is 1. The molecule has 1 N–H and O–H groups in total. The van der Waals surface area contributed by atoms with Gasteiger partial charge in [-0.15, -0.1) is 0 Å². The number of hydrogen-bond donors (Lipinski definition) is 1. The minimum atomic E-state index is -0.343. The molecular formula is C13H19NO2. The predicted octanol–water partition coefficient (Wildman–Crippen LogP) is 1.44. The lowest BCUT2D eigenvalue weighted by Crippen LogP contribution is -2.37. The smallest absolute Gasteiger partial charge is 0.0802 e. The summed E-state index contributed by atoms with van der Waals surface area (Å²) in [4.78, 5) is 2.34. The van der Waals surface area contributed by atoms with Crippen LogP contribution < -0.4 is 0 Å². The number of ether oxygens (including phenoxy) is 1. The molecule has 0 saturated carbocycles. The highest BCUT2D eigenvalue weighted by atomic mass is 16.5. The zero-order valence-corrected chi connectivity index (χ0v) is 9.51. The maximum Gasteiger partial charge on any atom is 0.0802 e. The fourth-order valence-corrected chi connectivity index (χ4v) is 1.97. The molecule has 16 heavy (non-hydrogen) atoms. The summed E-state index contributed by atoms with van der Waals surface area (Å²) in [5, 5.41) is 9.99. The van der Waals surface area contributed by atoms with Crippen LogP contribution in [0.2, 0.25) is 0 Å². The van der Waals surface area contributed by atoms with Crippen molar-refractivity contribution in [3.05, 3.63) is 35.9 Å². The van der Waals surface area contributed by atoms with E-state index in [4.69, 9.17) is 4.74 Å². The Morgan fingerprint density at radius 1 is 1.19 bits per heavy atom. The molecule has 0 aromatic heterocycles. The van der Waals surface area contributed by atoms with Gasteiger partial charge in [-0.05, 0) is 12.0 Å². The number of aliphatic hydroxyl groups is 1. The summed E-state index contributed by atoms with van der Waals surface area (Å²) < 4.78 is 5.29. The first-order chi connectivity index (χ1) is 7.86. The van der Waals surface area contributed by atoms with Crippen LogP contribution in [0.15, 0.2) is 30.3 Å². The van der Waals surface area contributed by atoms with E-state index in [2.05, 4.69) is 4.90 Å². The molecule has 3 nitrogen and oxygen atoms in total. The molecule has 1 aromatic carbocycles. The molecule has 88 valence electrons. The Morgan fingerprint density at radius 3 is 2.56 bits per heavy atom. The van der Waals surface area contributed by atoms with Crippen LogP contribution in [0.25, 0.3) is 0 Å². The van der Waals surface area contributed by atoms with Crippen LogP contribution in [0, 0.1) is 0 Å². The van der Waals surface area contributed by atoms with E-state index in [1.807, 2.05) is 30.3 Å². The molecule has 0 spiro atoms. The highest BCUT2D eigenvalue weighted by Crippen LogP contribution is 2.16. The average molecular weight is 221 g/mol. The predicted molar refractivity (Wildman–Crippen MR) is 63.3 cm³/mol. The summed E-state index contributed by atoms with van der Waals surface area (Å²) >= 11 is 0. The van der Waals surface area contributed by atoms with E-state index in [1.165, 1.54) is 0 Å². The van der Waals surface area contributed by atoms with Crippen molar-refractivity contribution in [2.75, 3.05) is 32.8 Å². The molecule has 1 aromatic rings. The largest absolute Gasteiger partial charge is 0.388 e. The molecule has 1 atom stereocenters. The first-order valence-electron chi connectivity index (χ1n) is 5.89. The van der Waals surface area contributed by atoms with Crippen molar-refractivity contribution in [3.8, 4) is 0 Å². The summed E-state index contributed by atoms with van der Waals surface area (Å²) in [5.41, 5.74) is 1.01. The Kier molecular flexibility index (Phi) is 4.34. The fraction of sp³-hybridized carbons (Fsp3) is 0.538. The highest BCUT2D eigenvalue weighted by Gasteiger charge is 2.13. The van der Waals surface area contributed by atoms with Crippen LogP contribution in [-0.4, -0.2) is 42.9 Å². The molecule has 1 heterocycles. The van der Waals surface area contributed by atoms with Crippen LogP contribution in [0.1, 0.15) is 18.1 Å². The van der Waals surface area contributed by atoms with E-state index in [1.54, 1.807) is 0 Å². The van der Waals surface area contributed by atoms with Crippen molar-refractivity contribution in [1.82, 2.24) is 4.90 Å². The second-order valence-corrected chi connectivity index (χ2v) is 4.17. The normalized spacial score (nSPS) is 19.6. The van der Waals surface area contributed by atoms with E-state index in [-0.39, 0.29) is 6.10 Å². The van der Waals surface area contributed by atoms with Gasteiger partial charge in [-0.1, -0.05) is 30.3 Å². The Labute approximate surface area is 96.6 Å². The van der Waals surface area contributed by atoms with E-state index >= 15 is 0 Å². The van der Waals surface area contributed by atoms with Crippen molar-refractivity contribution in [1.29, 1.82) is 0 Å². The summed E-state index contributed by atoms with van der Waals surface area (Å²) in [7, 11) is 0. The van der Waals surface area contributed by atoms with Crippen molar-refractivity contribution >= 4 is 0 Å². The lowest BCUT2D eigenvalue weighted by molar-refractivity contribution is 0.0300. The van der Waals surface area contributed by atoms with Crippen molar-refractivity contribution in [2.24, 2.45) is 0 Å². The quantitative estimate of drug-likeness (QED) is 0.835. The topological polar surface area (TPSA) is 32.7 Å². The molecule has 1 aliphatic heterocycles. The van der Waals surface area contributed by atoms with E-state index in [9.17, 15) is 5.11 Å². The molecular weight excluding hydrogens is 202 g/mol. The summed E-state index contributed by atoms with van der Waals surface area (Å²) in [6.07, 6.45) is 0.452. The first kappa shape index (κ1) is 11.6. The zero-order chi connectivity index (χ0) is 11.2.